The van der Waals surface area contributed by atoms with Gasteiger partial charge in [-0.25, -0.2) is 0 Å². The Kier molecular flexibility index (Phi) is 7.66. The van der Waals surface area contributed by atoms with E-state index in [0.29, 0.717) is 26.1 Å². The molecule has 1 N–H and O–H groups in total. The highest BCUT2D eigenvalue weighted by atomic mass is 35.5. The standard InChI is InChI=1S/C23H27ClN2O2/c1-2-3-12-21(27)16-26(15-18-8-7-11-20(24)13-18)17-22-14-23(25-28-22)19-9-5-4-6-10-19/h2,4-11,13,21-22,27H,1,3,12,14-17H2/t21-,22-/m0/s1. The van der Waals surface area contributed by atoms with Gasteiger partial charge < -0.3 is 9.94 Å². The lowest BCUT2D eigenvalue weighted by Gasteiger charge is -2.27. The largest absolute Gasteiger partial charge is 0.392 e. The van der Waals surface area contributed by atoms with E-state index in [1.807, 2.05) is 54.6 Å². The summed E-state index contributed by atoms with van der Waals surface area (Å²) in [5, 5.41) is 15.4. The van der Waals surface area contributed by atoms with Gasteiger partial charge in [-0.05, 0) is 36.1 Å². The molecule has 0 spiro atoms. The molecule has 0 aromatic heterocycles. The highest BCUT2D eigenvalue weighted by Gasteiger charge is 2.25. The van der Waals surface area contributed by atoms with Crippen molar-refractivity contribution in [2.45, 2.75) is 38.0 Å². The van der Waals surface area contributed by atoms with Crippen LogP contribution in [0.2, 0.25) is 5.02 Å². The summed E-state index contributed by atoms with van der Waals surface area (Å²) in [7, 11) is 0. The average Bonchev–Trinajstić information content (AvgIpc) is 3.15. The van der Waals surface area contributed by atoms with Crippen LogP contribution < -0.4 is 0 Å². The molecular formula is C23H27ClN2O2. The maximum atomic E-state index is 10.4. The summed E-state index contributed by atoms with van der Waals surface area (Å²) in [6.45, 7) is 5.70. The minimum Gasteiger partial charge on any atom is -0.392 e. The van der Waals surface area contributed by atoms with Crippen LogP contribution in [0.5, 0.6) is 0 Å². The fourth-order valence-electron chi connectivity index (χ4n) is 3.41. The molecule has 3 rings (SSSR count). The van der Waals surface area contributed by atoms with Crippen molar-refractivity contribution in [3.05, 3.63) is 83.4 Å². The van der Waals surface area contributed by atoms with E-state index < -0.39 is 6.10 Å². The molecule has 0 saturated carbocycles. The lowest BCUT2D eigenvalue weighted by molar-refractivity contribution is 0.0308. The first-order chi connectivity index (χ1) is 13.6. The topological polar surface area (TPSA) is 45.1 Å². The number of benzene rings is 2. The third kappa shape index (κ3) is 6.20. The molecule has 2 aromatic carbocycles. The monoisotopic (exact) mass is 398 g/mol. The SMILES string of the molecule is C=CCC[C@H](O)CN(Cc1cccc(Cl)c1)C[C@@H]1CC(c2ccccc2)=NO1. The molecule has 1 aliphatic rings. The number of aliphatic hydroxyl groups is 1. The summed E-state index contributed by atoms with van der Waals surface area (Å²) in [4.78, 5) is 7.91. The van der Waals surface area contributed by atoms with Crippen molar-refractivity contribution in [2.75, 3.05) is 13.1 Å². The minimum atomic E-state index is -0.409. The lowest BCUT2D eigenvalue weighted by atomic mass is 10.0. The summed E-state index contributed by atoms with van der Waals surface area (Å²) in [5.41, 5.74) is 3.18. The second-order valence-electron chi connectivity index (χ2n) is 7.18. The molecular weight excluding hydrogens is 372 g/mol. The van der Waals surface area contributed by atoms with Crippen molar-refractivity contribution in [1.29, 1.82) is 0 Å². The van der Waals surface area contributed by atoms with E-state index in [9.17, 15) is 5.11 Å². The number of rotatable bonds is 10. The molecule has 1 aliphatic heterocycles. The van der Waals surface area contributed by atoms with E-state index in [1.54, 1.807) is 0 Å². The van der Waals surface area contributed by atoms with Gasteiger partial charge in [0, 0.05) is 31.1 Å². The van der Waals surface area contributed by atoms with E-state index in [2.05, 4.69) is 22.7 Å². The fourth-order valence-corrected chi connectivity index (χ4v) is 3.62. The van der Waals surface area contributed by atoms with Crippen LogP contribution >= 0.6 is 11.6 Å². The summed E-state index contributed by atoms with van der Waals surface area (Å²) < 4.78 is 0. The average molecular weight is 399 g/mol. The summed E-state index contributed by atoms with van der Waals surface area (Å²) in [5.74, 6) is 0. The Hall–Kier alpha value is -2.14. The van der Waals surface area contributed by atoms with Crippen molar-refractivity contribution in [2.24, 2.45) is 5.16 Å². The zero-order valence-electron chi connectivity index (χ0n) is 16.0. The lowest BCUT2D eigenvalue weighted by Crippen LogP contribution is -2.37. The molecule has 0 amide bonds. The summed E-state index contributed by atoms with van der Waals surface area (Å²) in [6, 6.07) is 17.9. The van der Waals surface area contributed by atoms with Crippen LogP contribution in [0, 0.1) is 0 Å². The van der Waals surface area contributed by atoms with Gasteiger partial charge in [0.25, 0.3) is 0 Å². The summed E-state index contributed by atoms with van der Waals surface area (Å²) >= 11 is 6.14. The second kappa shape index (κ2) is 10.4. The first kappa shape index (κ1) is 20.6. The Balaban J connectivity index is 1.62. The Morgan fingerprint density at radius 2 is 2.07 bits per heavy atom. The Morgan fingerprint density at radius 3 is 2.82 bits per heavy atom. The van der Waals surface area contributed by atoms with Crippen LogP contribution in [0.15, 0.2) is 72.4 Å². The van der Waals surface area contributed by atoms with Crippen molar-refractivity contribution in [1.82, 2.24) is 4.90 Å². The number of hydrogen-bond acceptors (Lipinski definition) is 4. The van der Waals surface area contributed by atoms with E-state index in [-0.39, 0.29) is 6.10 Å². The van der Waals surface area contributed by atoms with Crippen LogP contribution in [0.3, 0.4) is 0 Å². The predicted octanol–water partition coefficient (Wildman–Crippen LogP) is 4.66. The number of allylic oxidation sites excluding steroid dienone is 1. The predicted molar refractivity (Wildman–Crippen MR) is 115 cm³/mol. The normalized spacial score (nSPS) is 17.2. The van der Waals surface area contributed by atoms with Gasteiger partial charge in [-0.2, -0.15) is 0 Å². The zero-order chi connectivity index (χ0) is 19.8. The van der Waals surface area contributed by atoms with Gasteiger partial charge in [0.2, 0.25) is 0 Å². The van der Waals surface area contributed by atoms with Crippen LogP contribution in [-0.2, 0) is 11.4 Å². The zero-order valence-corrected chi connectivity index (χ0v) is 16.8. The number of aliphatic hydroxyl groups excluding tert-OH is 1. The Labute approximate surface area is 172 Å². The molecule has 0 unspecified atom stereocenters. The van der Waals surface area contributed by atoms with Crippen LogP contribution in [0.25, 0.3) is 0 Å². The van der Waals surface area contributed by atoms with E-state index in [4.69, 9.17) is 16.4 Å². The summed E-state index contributed by atoms with van der Waals surface area (Å²) in [6.07, 6.45) is 3.66. The molecule has 5 heteroatoms. The maximum absolute atomic E-state index is 10.4. The van der Waals surface area contributed by atoms with Crippen molar-refractivity contribution < 1.29 is 9.94 Å². The van der Waals surface area contributed by atoms with Crippen LogP contribution in [-0.4, -0.2) is 41.0 Å². The minimum absolute atomic E-state index is 0.0269. The molecule has 4 nitrogen and oxygen atoms in total. The number of halogens is 1. The molecule has 0 fully saturated rings. The van der Waals surface area contributed by atoms with Crippen LogP contribution in [0.4, 0.5) is 0 Å². The van der Waals surface area contributed by atoms with Gasteiger partial charge in [-0.3, -0.25) is 4.90 Å². The van der Waals surface area contributed by atoms with Crippen molar-refractivity contribution in [3.8, 4) is 0 Å². The Bertz CT molecular complexity index is 794. The second-order valence-corrected chi connectivity index (χ2v) is 7.62. The molecule has 1 heterocycles. The molecule has 0 bridgehead atoms. The van der Waals surface area contributed by atoms with E-state index in [1.165, 1.54) is 0 Å². The molecule has 148 valence electrons. The molecule has 28 heavy (non-hydrogen) atoms. The van der Waals surface area contributed by atoms with Crippen molar-refractivity contribution >= 4 is 17.3 Å². The fraction of sp³-hybridized carbons (Fsp3) is 0.348. The molecule has 0 saturated heterocycles. The van der Waals surface area contributed by atoms with Gasteiger partial charge in [0.05, 0.1) is 11.8 Å². The Morgan fingerprint density at radius 1 is 1.25 bits per heavy atom. The van der Waals surface area contributed by atoms with E-state index in [0.717, 1.165) is 34.7 Å². The first-order valence-electron chi connectivity index (χ1n) is 9.68. The maximum Gasteiger partial charge on any atom is 0.145 e. The number of oxime groups is 1. The van der Waals surface area contributed by atoms with E-state index >= 15 is 0 Å². The molecule has 2 aromatic rings. The highest BCUT2D eigenvalue weighted by molar-refractivity contribution is 6.30. The first-order valence-corrected chi connectivity index (χ1v) is 10.1. The highest BCUT2D eigenvalue weighted by Crippen LogP contribution is 2.20. The molecule has 0 radical (unpaired) electrons. The molecule has 2 atom stereocenters. The van der Waals surface area contributed by atoms with Gasteiger partial charge in [0.15, 0.2) is 0 Å². The number of hydrogen-bond donors (Lipinski definition) is 1. The number of nitrogens with zero attached hydrogens (tertiary/aromatic N) is 2. The smallest absolute Gasteiger partial charge is 0.145 e. The van der Waals surface area contributed by atoms with Crippen LogP contribution in [0.1, 0.15) is 30.4 Å². The van der Waals surface area contributed by atoms with Gasteiger partial charge >= 0.3 is 0 Å². The molecule has 0 aliphatic carbocycles. The third-order valence-corrected chi connectivity index (χ3v) is 5.01. The van der Waals surface area contributed by atoms with Gasteiger partial charge in [-0.15, -0.1) is 6.58 Å². The van der Waals surface area contributed by atoms with Gasteiger partial charge in [-0.1, -0.05) is 65.3 Å². The quantitative estimate of drug-likeness (QED) is 0.592. The van der Waals surface area contributed by atoms with Gasteiger partial charge in [0.1, 0.15) is 6.10 Å². The van der Waals surface area contributed by atoms with Crippen molar-refractivity contribution in [3.63, 3.8) is 0 Å². The third-order valence-electron chi connectivity index (χ3n) is 4.77.